The van der Waals surface area contributed by atoms with Crippen molar-refractivity contribution in [2.24, 2.45) is 0 Å². The standard InChI is InChI=1S/C14H13NOS/c1-11-7-5-6-10-13(11)14(17-16)15-12-8-3-2-4-9-12/h2-10,15H,1H3. The summed E-state index contributed by atoms with van der Waals surface area (Å²) in [5.74, 6) is 0. The predicted octanol–water partition coefficient (Wildman–Crippen LogP) is 2.80. The van der Waals surface area contributed by atoms with Crippen LogP contribution in [0, 0.1) is 6.92 Å². The van der Waals surface area contributed by atoms with Crippen molar-refractivity contribution < 1.29 is 4.21 Å². The van der Waals surface area contributed by atoms with Crippen molar-refractivity contribution in [2.75, 3.05) is 5.32 Å². The summed E-state index contributed by atoms with van der Waals surface area (Å²) < 4.78 is 11.2. The number of para-hydroxylation sites is 1. The van der Waals surface area contributed by atoms with Gasteiger partial charge in [-0.05, 0) is 24.6 Å². The molecule has 0 aliphatic carbocycles. The fourth-order valence-electron chi connectivity index (χ4n) is 1.61. The molecule has 3 heteroatoms. The van der Waals surface area contributed by atoms with Crippen LogP contribution in [-0.2, 0) is 11.3 Å². The molecule has 17 heavy (non-hydrogen) atoms. The maximum atomic E-state index is 11.2. The molecule has 0 spiro atoms. The summed E-state index contributed by atoms with van der Waals surface area (Å²) >= 11 is 0.488. The lowest BCUT2D eigenvalue weighted by molar-refractivity contribution is 0.701. The molecule has 0 saturated carbocycles. The van der Waals surface area contributed by atoms with Crippen LogP contribution in [0.4, 0.5) is 5.69 Å². The van der Waals surface area contributed by atoms with Crippen molar-refractivity contribution in [1.29, 1.82) is 0 Å². The minimum Gasteiger partial charge on any atom is -0.344 e. The SMILES string of the molecule is Cc1ccccc1C(Nc1ccccc1)=S=O. The van der Waals surface area contributed by atoms with E-state index in [0.29, 0.717) is 16.2 Å². The van der Waals surface area contributed by atoms with E-state index in [4.69, 9.17) is 0 Å². The van der Waals surface area contributed by atoms with Crippen LogP contribution >= 0.6 is 0 Å². The number of benzene rings is 2. The van der Waals surface area contributed by atoms with Crippen molar-refractivity contribution in [3.63, 3.8) is 0 Å². The second-order valence-corrected chi connectivity index (χ2v) is 4.29. The van der Waals surface area contributed by atoms with Gasteiger partial charge in [0.25, 0.3) is 0 Å². The first-order valence-corrected chi connectivity index (χ1v) is 6.10. The summed E-state index contributed by atoms with van der Waals surface area (Å²) in [6, 6.07) is 17.6. The molecule has 0 heterocycles. The van der Waals surface area contributed by atoms with E-state index < -0.39 is 0 Å². The van der Waals surface area contributed by atoms with Crippen LogP contribution in [0.3, 0.4) is 0 Å². The molecule has 86 valence electrons. The quantitative estimate of drug-likeness (QED) is 0.822. The molecule has 2 aromatic carbocycles. The Morgan fingerprint density at radius 2 is 1.65 bits per heavy atom. The summed E-state index contributed by atoms with van der Waals surface area (Å²) in [5, 5.41) is 3.15. The van der Waals surface area contributed by atoms with E-state index in [0.717, 1.165) is 16.8 Å². The van der Waals surface area contributed by atoms with Gasteiger partial charge >= 0.3 is 0 Å². The third-order valence-electron chi connectivity index (χ3n) is 2.50. The molecule has 1 N–H and O–H groups in total. The number of hydrogen-bond donors (Lipinski definition) is 1. The maximum Gasteiger partial charge on any atom is 0.141 e. The molecule has 0 unspecified atom stereocenters. The Bertz CT molecular complexity index is 559. The first-order chi connectivity index (χ1) is 8.31. The van der Waals surface area contributed by atoms with Gasteiger partial charge in [-0.25, -0.2) is 4.21 Å². The molecule has 0 aromatic heterocycles. The normalized spacial score (nSPS) is 9.71. The third kappa shape index (κ3) is 2.82. The topological polar surface area (TPSA) is 29.1 Å². The summed E-state index contributed by atoms with van der Waals surface area (Å²) in [6.45, 7) is 2.00. The highest BCUT2D eigenvalue weighted by atomic mass is 32.1. The summed E-state index contributed by atoms with van der Waals surface area (Å²) in [7, 11) is 0. The van der Waals surface area contributed by atoms with Gasteiger partial charge in [-0.2, -0.15) is 0 Å². The largest absolute Gasteiger partial charge is 0.344 e. The van der Waals surface area contributed by atoms with Crippen LogP contribution in [0.5, 0.6) is 0 Å². The first kappa shape index (κ1) is 11.6. The van der Waals surface area contributed by atoms with Crippen molar-refractivity contribution in [3.05, 3.63) is 65.7 Å². The molecule has 2 aromatic rings. The zero-order chi connectivity index (χ0) is 12.1. The molecule has 0 aliphatic heterocycles. The Labute approximate surface area is 104 Å². The van der Waals surface area contributed by atoms with E-state index in [1.807, 2.05) is 61.5 Å². The Morgan fingerprint density at radius 3 is 2.29 bits per heavy atom. The number of rotatable bonds is 2. The minimum atomic E-state index is 0.488. The van der Waals surface area contributed by atoms with Gasteiger partial charge in [0, 0.05) is 11.3 Å². The van der Waals surface area contributed by atoms with Crippen LogP contribution < -0.4 is 5.32 Å². The zero-order valence-corrected chi connectivity index (χ0v) is 10.3. The highest BCUT2D eigenvalue weighted by molar-refractivity contribution is 7.67. The van der Waals surface area contributed by atoms with Crippen molar-refractivity contribution in [2.45, 2.75) is 6.92 Å². The van der Waals surface area contributed by atoms with Crippen LogP contribution in [0.1, 0.15) is 11.1 Å². The molecular weight excluding hydrogens is 230 g/mol. The average molecular weight is 243 g/mol. The number of anilines is 1. The maximum absolute atomic E-state index is 11.2. The van der Waals surface area contributed by atoms with E-state index in [2.05, 4.69) is 5.32 Å². The molecule has 0 saturated heterocycles. The highest BCUT2D eigenvalue weighted by Gasteiger charge is 2.05. The van der Waals surface area contributed by atoms with Gasteiger partial charge in [0.05, 0.1) is 0 Å². The Balaban J connectivity index is 2.31. The number of aryl methyl sites for hydroxylation is 1. The Kier molecular flexibility index (Phi) is 3.73. The minimum absolute atomic E-state index is 0.488. The lowest BCUT2D eigenvalue weighted by Crippen LogP contribution is -2.14. The first-order valence-electron chi connectivity index (χ1n) is 5.36. The van der Waals surface area contributed by atoms with Gasteiger partial charge in [-0.15, -0.1) is 0 Å². The molecule has 0 atom stereocenters. The van der Waals surface area contributed by atoms with Gasteiger partial charge in [0.1, 0.15) is 16.2 Å². The fraction of sp³-hybridized carbons (Fsp3) is 0.0714. The van der Waals surface area contributed by atoms with E-state index in [1.165, 1.54) is 0 Å². The average Bonchev–Trinajstić information content (AvgIpc) is 2.38. The lowest BCUT2D eigenvalue weighted by atomic mass is 10.1. The predicted molar refractivity (Wildman–Crippen MR) is 73.5 cm³/mol. The van der Waals surface area contributed by atoms with E-state index in [1.54, 1.807) is 0 Å². The molecule has 2 rings (SSSR count). The van der Waals surface area contributed by atoms with E-state index >= 15 is 0 Å². The van der Waals surface area contributed by atoms with Crippen molar-refractivity contribution in [1.82, 2.24) is 0 Å². The fourth-order valence-corrected chi connectivity index (χ4v) is 2.09. The molecule has 0 aliphatic rings. The van der Waals surface area contributed by atoms with Crippen molar-refractivity contribution in [3.8, 4) is 0 Å². The van der Waals surface area contributed by atoms with Gasteiger partial charge < -0.3 is 5.32 Å². The Hall–Kier alpha value is -1.87. The van der Waals surface area contributed by atoms with Gasteiger partial charge in [-0.3, -0.25) is 0 Å². The van der Waals surface area contributed by atoms with E-state index in [-0.39, 0.29) is 0 Å². The number of hydrogen-bond acceptors (Lipinski definition) is 1. The molecular formula is C14H13NOS. The molecule has 0 fully saturated rings. The van der Waals surface area contributed by atoms with Gasteiger partial charge in [0.15, 0.2) is 0 Å². The Morgan fingerprint density at radius 1 is 1.00 bits per heavy atom. The van der Waals surface area contributed by atoms with Crippen molar-refractivity contribution >= 4 is 21.9 Å². The zero-order valence-electron chi connectivity index (χ0n) is 9.51. The van der Waals surface area contributed by atoms with Crippen LogP contribution in [-0.4, -0.2) is 9.20 Å². The third-order valence-corrected chi connectivity index (χ3v) is 2.99. The second kappa shape index (κ2) is 5.46. The van der Waals surface area contributed by atoms with Gasteiger partial charge in [-0.1, -0.05) is 42.5 Å². The van der Waals surface area contributed by atoms with Crippen LogP contribution in [0.15, 0.2) is 54.6 Å². The summed E-state index contributed by atoms with van der Waals surface area (Å²) in [6.07, 6.45) is 0. The van der Waals surface area contributed by atoms with E-state index in [9.17, 15) is 4.21 Å². The monoisotopic (exact) mass is 243 g/mol. The van der Waals surface area contributed by atoms with Crippen LogP contribution in [0.2, 0.25) is 0 Å². The number of nitrogens with one attached hydrogen (secondary N) is 1. The molecule has 2 nitrogen and oxygen atoms in total. The summed E-state index contributed by atoms with van der Waals surface area (Å²) in [4.78, 5) is 0.634. The smallest absolute Gasteiger partial charge is 0.141 e. The van der Waals surface area contributed by atoms with Gasteiger partial charge in [0.2, 0.25) is 0 Å². The summed E-state index contributed by atoms with van der Waals surface area (Å²) in [5.41, 5.74) is 2.97. The molecule has 0 bridgehead atoms. The molecule has 0 radical (unpaired) electrons. The lowest BCUT2D eigenvalue weighted by Gasteiger charge is -2.09. The molecule has 0 amide bonds. The second-order valence-electron chi connectivity index (χ2n) is 3.72. The van der Waals surface area contributed by atoms with Crippen LogP contribution in [0.25, 0.3) is 0 Å². The highest BCUT2D eigenvalue weighted by Crippen LogP contribution is 2.11.